The number of nitrogens with one attached hydrogen (secondary N) is 1. The number of benzene rings is 2. The highest BCUT2D eigenvalue weighted by Gasteiger charge is 2.17. The Labute approximate surface area is 136 Å². The van der Waals surface area contributed by atoms with E-state index in [1.165, 1.54) is 0 Å². The van der Waals surface area contributed by atoms with Crippen LogP contribution in [-0.4, -0.2) is 18.0 Å². The van der Waals surface area contributed by atoms with Gasteiger partial charge in [-0.1, -0.05) is 60.2 Å². The molecule has 0 fully saturated rings. The van der Waals surface area contributed by atoms with E-state index in [2.05, 4.69) is 5.32 Å². The lowest BCUT2D eigenvalue weighted by molar-refractivity contribution is -0.154. The molecule has 0 unspecified atom stereocenters. The summed E-state index contributed by atoms with van der Waals surface area (Å²) in [7, 11) is 0. The number of esters is 1. The SMILES string of the molecule is Cc1ccc(CC(=O)O[C@@H](C)C(=O)NCc2ccccc2)cc1. The van der Waals surface area contributed by atoms with Crippen molar-refractivity contribution in [3.05, 3.63) is 71.3 Å². The predicted octanol–water partition coefficient (Wildman–Crippen LogP) is 2.79. The molecule has 0 bridgehead atoms. The summed E-state index contributed by atoms with van der Waals surface area (Å²) in [4.78, 5) is 23.8. The van der Waals surface area contributed by atoms with Crippen molar-refractivity contribution >= 4 is 11.9 Å². The molecule has 0 aromatic heterocycles. The number of rotatable bonds is 6. The summed E-state index contributed by atoms with van der Waals surface area (Å²) in [5.74, 6) is -0.706. The zero-order valence-electron chi connectivity index (χ0n) is 13.4. The van der Waals surface area contributed by atoms with E-state index in [1.54, 1.807) is 6.92 Å². The smallest absolute Gasteiger partial charge is 0.311 e. The Morgan fingerprint density at radius 2 is 1.65 bits per heavy atom. The number of aryl methyl sites for hydroxylation is 1. The van der Waals surface area contributed by atoms with Crippen molar-refractivity contribution in [1.29, 1.82) is 0 Å². The van der Waals surface area contributed by atoms with Gasteiger partial charge in [0.15, 0.2) is 6.10 Å². The van der Waals surface area contributed by atoms with Gasteiger partial charge in [0.1, 0.15) is 0 Å². The molecule has 1 amide bonds. The van der Waals surface area contributed by atoms with Crippen LogP contribution in [-0.2, 0) is 27.3 Å². The van der Waals surface area contributed by atoms with Crippen LogP contribution < -0.4 is 5.32 Å². The number of amides is 1. The van der Waals surface area contributed by atoms with Crippen LogP contribution >= 0.6 is 0 Å². The first kappa shape index (κ1) is 16.7. The fourth-order valence-electron chi connectivity index (χ4n) is 2.09. The van der Waals surface area contributed by atoms with E-state index in [4.69, 9.17) is 4.74 Å². The first-order valence-corrected chi connectivity index (χ1v) is 7.61. The minimum absolute atomic E-state index is 0.163. The van der Waals surface area contributed by atoms with Crippen LogP contribution in [0.5, 0.6) is 0 Å². The maximum atomic E-state index is 12.0. The lowest BCUT2D eigenvalue weighted by atomic mass is 10.1. The van der Waals surface area contributed by atoms with Crippen LogP contribution in [0.4, 0.5) is 0 Å². The molecule has 4 heteroatoms. The standard InChI is InChI=1S/C19H21NO3/c1-14-8-10-16(11-9-14)12-18(21)23-15(2)19(22)20-13-17-6-4-3-5-7-17/h3-11,15H,12-13H2,1-2H3,(H,20,22)/t15-/m0/s1. The van der Waals surface area contributed by atoms with E-state index in [-0.39, 0.29) is 12.3 Å². The van der Waals surface area contributed by atoms with Crippen molar-refractivity contribution in [3.8, 4) is 0 Å². The van der Waals surface area contributed by atoms with Crippen molar-refractivity contribution in [2.45, 2.75) is 32.9 Å². The molecule has 0 saturated heterocycles. The topological polar surface area (TPSA) is 55.4 Å². The molecule has 23 heavy (non-hydrogen) atoms. The van der Waals surface area contributed by atoms with Crippen LogP contribution in [0.2, 0.25) is 0 Å². The van der Waals surface area contributed by atoms with E-state index < -0.39 is 12.1 Å². The van der Waals surface area contributed by atoms with E-state index in [0.717, 1.165) is 16.7 Å². The molecule has 4 nitrogen and oxygen atoms in total. The van der Waals surface area contributed by atoms with E-state index in [9.17, 15) is 9.59 Å². The maximum Gasteiger partial charge on any atom is 0.311 e. The van der Waals surface area contributed by atoms with Crippen molar-refractivity contribution in [1.82, 2.24) is 5.32 Å². The number of ether oxygens (including phenoxy) is 1. The van der Waals surface area contributed by atoms with Gasteiger partial charge in [0, 0.05) is 6.54 Å². The van der Waals surface area contributed by atoms with Gasteiger partial charge in [0.2, 0.25) is 0 Å². The third kappa shape index (κ3) is 5.58. The van der Waals surface area contributed by atoms with Crippen molar-refractivity contribution < 1.29 is 14.3 Å². The number of hydrogen-bond acceptors (Lipinski definition) is 3. The van der Waals surface area contributed by atoms with Crippen LogP contribution in [0.15, 0.2) is 54.6 Å². The molecule has 0 aliphatic carbocycles. The Kier molecular flexibility index (Phi) is 5.92. The first-order valence-electron chi connectivity index (χ1n) is 7.61. The Morgan fingerprint density at radius 3 is 2.30 bits per heavy atom. The lowest BCUT2D eigenvalue weighted by Crippen LogP contribution is -2.35. The monoisotopic (exact) mass is 311 g/mol. The second-order valence-electron chi connectivity index (χ2n) is 5.50. The molecule has 2 aromatic carbocycles. The van der Waals surface area contributed by atoms with Crippen LogP contribution in [0.3, 0.4) is 0 Å². The number of carbonyl (C=O) groups is 2. The molecule has 2 rings (SSSR count). The molecule has 0 aliphatic rings. The molecular weight excluding hydrogens is 290 g/mol. The Balaban J connectivity index is 1.78. The highest BCUT2D eigenvalue weighted by molar-refractivity contribution is 5.83. The zero-order valence-corrected chi connectivity index (χ0v) is 13.4. The second kappa shape index (κ2) is 8.13. The van der Waals surface area contributed by atoms with Crippen molar-refractivity contribution in [2.24, 2.45) is 0 Å². The van der Waals surface area contributed by atoms with E-state index >= 15 is 0 Å². The average molecular weight is 311 g/mol. The zero-order chi connectivity index (χ0) is 16.7. The average Bonchev–Trinajstić information content (AvgIpc) is 2.55. The Morgan fingerprint density at radius 1 is 1.00 bits per heavy atom. The largest absolute Gasteiger partial charge is 0.452 e. The Hall–Kier alpha value is -2.62. The van der Waals surface area contributed by atoms with Crippen molar-refractivity contribution in [2.75, 3.05) is 0 Å². The number of carbonyl (C=O) groups excluding carboxylic acids is 2. The third-order valence-corrected chi connectivity index (χ3v) is 3.46. The van der Waals surface area contributed by atoms with Gasteiger partial charge < -0.3 is 10.1 Å². The molecule has 0 aliphatic heterocycles. The van der Waals surface area contributed by atoms with Crippen LogP contribution in [0.25, 0.3) is 0 Å². The van der Waals surface area contributed by atoms with E-state index in [1.807, 2.05) is 61.5 Å². The number of hydrogen-bond donors (Lipinski definition) is 1. The van der Waals surface area contributed by atoms with Gasteiger partial charge in [-0.05, 0) is 25.0 Å². The fourth-order valence-corrected chi connectivity index (χ4v) is 2.09. The molecule has 120 valence electrons. The van der Waals surface area contributed by atoms with Crippen molar-refractivity contribution in [3.63, 3.8) is 0 Å². The highest BCUT2D eigenvalue weighted by atomic mass is 16.5. The minimum Gasteiger partial charge on any atom is -0.452 e. The summed E-state index contributed by atoms with van der Waals surface area (Å²) in [6.07, 6.45) is -0.645. The van der Waals surface area contributed by atoms with Gasteiger partial charge in [0.25, 0.3) is 5.91 Å². The summed E-state index contributed by atoms with van der Waals surface area (Å²) in [5.41, 5.74) is 3.01. The second-order valence-corrected chi connectivity index (χ2v) is 5.50. The van der Waals surface area contributed by atoms with Gasteiger partial charge >= 0.3 is 5.97 Å². The van der Waals surface area contributed by atoms with Gasteiger partial charge in [-0.3, -0.25) is 9.59 Å². The minimum atomic E-state index is -0.809. The van der Waals surface area contributed by atoms with Crippen LogP contribution in [0, 0.1) is 6.92 Å². The summed E-state index contributed by atoms with van der Waals surface area (Å²) in [5, 5.41) is 2.76. The summed E-state index contributed by atoms with van der Waals surface area (Å²) < 4.78 is 5.18. The Bertz CT molecular complexity index is 650. The molecule has 0 saturated carbocycles. The molecule has 1 N–H and O–H groups in total. The summed E-state index contributed by atoms with van der Waals surface area (Å²) in [6.45, 7) is 3.98. The van der Waals surface area contributed by atoms with E-state index in [0.29, 0.717) is 6.54 Å². The predicted molar refractivity (Wildman–Crippen MR) is 88.7 cm³/mol. The molecule has 0 heterocycles. The van der Waals surface area contributed by atoms with Gasteiger partial charge in [-0.2, -0.15) is 0 Å². The normalized spacial score (nSPS) is 11.6. The third-order valence-electron chi connectivity index (χ3n) is 3.46. The molecule has 1 atom stereocenters. The van der Waals surface area contributed by atoms with Gasteiger partial charge in [-0.15, -0.1) is 0 Å². The first-order chi connectivity index (χ1) is 11.0. The molecule has 0 radical (unpaired) electrons. The molecular formula is C19H21NO3. The van der Waals surface area contributed by atoms with Crippen LogP contribution in [0.1, 0.15) is 23.6 Å². The molecule has 0 spiro atoms. The maximum absolute atomic E-state index is 12.0. The summed E-state index contributed by atoms with van der Waals surface area (Å²) in [6, 6.07) is 17.2. The lowest BCUT2D eigenvalue weighted by Gasteiger charge is -2.13. The highest BCUT2D eigenvalue weighted by Crippen LogP contribution is 2.06. The van der Waals surface area contributed by atoms with Gasteiger partial charge in [-0.25, -0.2) is 0 Å². The quantitative estimate of drug-likeness (QED) is 0.835. The summed E-state index contributed by atoms with van der Waals surface area (Å²) >= 11 is 0. The molecule has 2 aromatic rings. The fraction of sp³-hybridized carbons (Fsp3) is 0.263. The van der Waals surface area contributed by atoms with Gasteiger partial charge in [0.05, 0.1) is 6.42 Å².